The Balaban J connectivity index is 1.38. The Hall–Kier alpha value is -2.89. The molecule has 4 rings (SSSR count). The number of esters is 1. The fourth-order valence-electron chi connectivity index (χ4n) is 6.57. The number of nitrogens with one attached hydrogen (secondary N) is 1. The van der Waals surface area contributed by atoms with E-state index in [2.05, 4.69) is 18.2 Å². The van der Waals surface area contributed by atoms with Gasteiger partial charge in [-0.25, -0.2) is 4.79 Å². The molecule has 0 aliphatic heterocycles. The summed E-state index contributed by atoms with van der Waals surface area (Å²) < 4.78 is 5.39. The van der Waals surface area contributed by atoms with E-state index in [0.717, 1.165) is 37.7 Å². The molecule has 182 valence electrons. The van der Waals surface area contributed by atoms with Crippen molar-refractivity contribution in [3.8, 4) is 18.1 Å². The zero-order valence-electron chi connectivity index (χ0n) is 19.4. The normalized spacial score (nSPS) is 32.4. The van der Waals surface area contributed by atoms with E-state index in [1.54, 1.807) is 6.07 Å². The predicted octanol–water partition coefficient (Wildman–Crippen LogP) is 1.73. The Morgan fingerprint density at radius 3 is 2.76 bits per heavy atom. The molecule has 0 aromatic heterocycles. The van der Waals surface area contributed by atoms with Crippen molar-refractivity contribution < 1.29 is 29.3 Å². The van der Waals surface area contributed by atoms with Gasteiger partial charge >= 0.3 is 11.9 Å². The number of hydrogen-bond acceptors (Lipinski definition) is 6. The molecule has 0 saturated heterocycles. The van der Waals surface area contributed by atoms with Crippen LogP contribution in [0.2, 0.25) is 0 Å². The summed E-state index contributed by atoms with van der Waals surface area (Å²) in [6.45, 7) is 1.79. The molecule has 5 N–H and O–H groups in total. The minimum atomic E-state index is -1.32. The van der Waals surface area contributed by atoms with E-state index in [0.29, 0.717) is 29.9 Å². The highest BCUT2D eigenvalue weighted by atomic mass is 16.5. The van der Waals surface area contributed by atoms with E-state index in [1.807, 2.05) is 12.1 Å². The third-order valence-corrected chi connectivity index (χ3v) is 8.47. The van der Waals surface area contributed by atoms with E-state index < -0.39 is 35.9 Å². The smallest absolute Gasteiger partial charge is 0.330 e. The highest BCUT2D eigenvalue weighted by molar-refractivity contribution is 5.86. The number of benzene rings is 1. The Morgan fingerprint density at radius 1 is 1.29 bits per heavy atom. The summed E-state index contributed by atoms with van der Waals surface area (Å²) in [4.78, 5) is 34.6. The van der Waals surface area contributed by atoms with Crippen molar-refractivity contribution in [2.75, 3.05) is 6.54 Å². The molecule has 1 amide bonds. The lowest BCUT2D eigenvalue weighted by atomic mass is 9.53. The molecule has 3 aliphatic rings. The summed E-state index contributed by atoms with van der Waals surface area (Å²) in [5.74, 6) is 1.86. The number of aliphatic hydroxyl groups is 1. The first-order chi connectivity index (χ1) is 16.1. The second kappa shape index (κ2) is 9.05. The fraction of sp³-hybridized carbons (Fsp3) is 0.577. The van der Waals surface area contributed by atoms with Crippen LogP contribution in [0, 0.1) is 29.6 Å². The number of carbonyl (C=O) groups excluding carboxylic acids is 2. The van der Waals surface area contributed by atoms with Crippen LogP contribution in [0.25, 0.3) is 0 Å². The van der Waals surface area contributed by atoms with Crippen LogP contribution in [0.5, 0.6) is 5.75 Å². The van der Waals surface area contributed by atoms with Crippen LogP contribution in [-0.2, 0) is 20.8 Å². The SMILES string of the molecule is C#C[C@]1(O)CCC2C3CCc4cc(OC(=O)CNC(=O)CC(N)C(=O)O)ccc4C3CC[C@@]21C. The van der Waals surface area contributed by atoms with Gasteiger partial charge in [-0.3, -0.25) is 9.59 Å². The lowest BCUT2D eigenvalue weighted by molar-refractivity contribution is -0.140. The summed E-state index contributed by atoms with van der Waals surface area (Å²) in [5.41, 5.74) is 6.50. The third kappa shape index (κ3) is 4.19. The number of carboxylic acid groups (broad SMARTS) is 1. The molecule has 1 aromatic rings. The van der Waals surface area contributed by atoms with Gasteiger partial charge in [-0.1, -0.05) is 18.9 Å². The molecule has 2 fully saturated rings. The molecule has 0 bridgehead atoms. The third-order valence-electron chi connectivity index (χ3n) is 8.47. The first-order valence-corrected chi connectivity index (χ1v) is 11.9. The Bertz CT molecular complexity index is 1050. The minimum Gasteiger partial charge on any atom is -0.480 e. The molecule has 4 unspecified atom stereocenters. The van der Waals surface area contributed by atoms with Crippen LogP contribution in [0.4, 0.5) is 0 Å². The molecule has 2 saturated carbocycles. The van der Waals surface area contributed by atoms with Crippen LogP contribution in [-0.4, -0.2) is 46.2 Å². The van der Waals surface area contributed by atoms with Gasteiger partial charge in [-0.05, 0) is 79.5 Å². The van der Waals surface area contributed by atoms with Crippen molar-refractivity contribution in [3.05, 3.63) is 29.3 Å². The van der Waals surface area contributed by atoms with Gasteiger partial charge in [0.2, 0.25) is 5.91 Å². The minimum absolute atomic E-state index is 0.241. The van der Waals surface area contributed by atoms with Gasteiger partial charge in [-0.2, -0.15) is 0 Å². The van der Waals surface area contributed by atoms with Crippen molar-refractivity contribution in [2.24, 2.45) is 23.0 Å². The molecule has 3 aliphatic carbocycles. The van der Waals surface area contributed by atoms with Gasteiger partial charge in [0.1, 0.15) is 23.9 Å². The molecule has 0 heterocycles. The molecule has 34 heavy (non-hydrogen) atoms. The van der Waals surface area contributed by atoms with Gasteiger partial charge in [0.15, 0.2) is 0 Å². The fourth-order valence-corrected chi connectivity index (χ4v) is 6.57. The second-order valence-electron chi connectivity index (χ2n) is 10.2. The number of aryl methyl sites for hydroxylation is 1. The number of carbonyl (C=O) groups is 3. The molecule has 8 nitrogen and oxygen atoms in total. The van der Waals surface area contributed by atoms with E-state index in [9.17, 15) is 19.5 Å². The predicted molar refractivity (Wildman–Crippen MR) is 124 cm³/mol. The molecule has 0 spiro atoms. The van der Waals surface area contributed by atoms with E-state index in [4.69, 9.17) is 22.0 Å². The maximum absolute atomic E-state index is 12.2. The van der Waals surface area contributed by atoms with E-state index in [1.165, 1.54) is 5.56 Å². The summed E-state index contributed by atoms with van der Waals surface area (Å²) in [7, 11) is 0. The van der Waals surface area contributed by atoms with E-state index in [-0.39, 0.29) is 12.0 Å². The van der Waals surface area contributed by atoms with Gasteiger partial charge < -0.3 is 26.0 Å². The Kier molecular flexibility index (Phi) is 6.45. The average Bonchev–Trinajstić information content (AvgIpc) is 3.08. The standard InChI is InChI=1S/C26H32N2O6/c1-3-26(33)11-9-20-19-6-4-15-12-16(5-7-17(15)18(19)8-10-25(20,26)2)34-23(30)14-28-22(29)13-21(27)24(31)32/h1,5,7,12,18-21,33H,4,6,8-11,13-14,27H2,2H3,(H,28,29)(H,31,32)/t18?,19?,20?,21?,25-,26-/m0/s1. The molecule has 8 heteroatoms. The number of rotatable bonds is 6. The number of amides is 1. The molecular weight excluding hydrogens is 436 g/mol. The van der Waals surface area contributed by atoms with Gasteiger partial charge in [-0.15, -0.1) is 6.42 Å². The highest BCUT2D eigenvalue weighted by Gasteiger charge is 2.61. The quantitative estimate of drug-likeness (QED) is 0.283. The summed E-state index contributed by atoms with van der Waals surface area (Å²) >= 11 is 0. The summed E-state index contributed by atoms with van der Waals surface area (Å²) in [6.07, 6.45) is 10.7. The van der Waals surface area contributed by atoms with E-state index >= 15 is 0 Å². The lowest BCUT2D eigenvalue weighted by Gasteiger charge is -2.52. The van der Waals surface area contributed by atoms with Crippen molar-refractivity contribution in [1.82, 2.24) is 5.32 Å². The van der Waals surface area contributed by atoms with Gasteiger partial charge in [0.05, 0.1) is 6.42 Å². The molecular formula is C26H32N2O6. The van der Waals surface area contributed by atoms with Crippen molar-refractivity contribution in [1.29, 1.82) is 0 Å². The maximum atomic E-state index is 12.2. The van der Waals surface area contributed by atoms with Crippen molar-refractivity contribution in [2.45, 2.75) is 69.4 Å². The number of ether oxygens (including phenoxy) is 1. The maximum Gasteiger partial charge on any atom is 0.330 e. The molecule has 0 radical (unpaired) electrons. The Labute approximate surface area is 199 Å². The topological polar surface area (TPSA) is 139 Å². The van der Waals surface area contributed by atoms with Crippen LogP contribution in [0.15, 0.2) is 18.2 Å². The number of aliphatic carboxylic acids is 1. The van der Waals surface area contributed by atoms with Crippen LogP contribution < -0.4 is 15.8 Å². The van der Waals surface area contributed by atoms with Crippen LogP contribution >= 0.6 is 0 Å². The second-order valence-corrected chi connectivity index (χ2v) is 10.2. The molecule has 1 aromatic carbocycles. The highest BCUT2D eigenvalue weighted by Crippen LogP contribution is 2.64. The lowest BCUT2D eigenvalue weighted by Crippen LogP contribution is -2.50. The number of carboxylic acids is 1. The monoisotopic (exact) mass is 468 g/mol. The summed E-state index contributed by atoms with van der Waals surface area (Å²) in [5, 5.41) is 22.1. The number of hydrogen-bond donors (Lipinski definition) is 4. The average molecular weight is 469 g/mol. The van der Waals surface area contributed by atoms with Gasteiger partial charge in [0.25, 0.3) is 0 Å². The zero-order valence-corrected chi connectivity index (χ0v) is 19.4. The largest absolute Gasteiger partial charge is 0.480 e. The number of terminal acetylenes is 1. The Morgan fingerprint density at radius 2 is 2.06 bits per heavy atom. The zero-order chi connectivity index (χ0) is 24.7. The molecule has 6 atom stereocenters. The summed E-state index contributed by atoms with van der Waals surface area (Å²) in [6, 6.07) is 4.39. The first kappa shape index (κ1) is 24.2. The number of fused-ring (bicyclic) bond motifs is 5. The first-order valence-electron chi connectivity index (χ1n) is 11.9. The van der Waals surface area contributed by atoms with Crippen LogP contribution in [0.1, 0.15) is 62.5 Å². The number of nitrogens with two attached hydrogens (primary N) is 1. The van der Waals surface area contributed by atoms with Crippen molar-refractivity contribution in [3.63, 3.8) is 0 Å². The van der Waals surface area contributed by atoms with Gasteiger partial charge in [0, 0.05) is 5.41 Å². The van der Waals surface area contributed by atoms with Crippen LogP contribution in [0.3, 0.4) is 0 Å². The van der Waals surface area contributed by atoms with Crippen molar-refractivity contribution >= 4 is 17.8 Å².